The Morgan fingerprint density at radius 3 is 2.10 bits per heavy atom. The van der Waals surface area contributed by atoms with Crippen LogP contribution in [0, 0.1) is 23.2 Å². The normalized spacial score (nSPS) is 23.7. The van der Waals surface area contributed by atoms with E-state index in [9.17, 15) is 0 Å². The maximum absolute atomic E-state index is 3.71. The lowest BCUT2D eigenvalue weighted by molar-refractivity contribution is 0.149. The van der Waals surface area contributed by atoms with Crippen molar-refractivity contribution >= 4 is 0 Å². The van der Waals surface area contributed by atoms with Crippen LogP contribution in [0.15, 0.2) is 0 Å². The van der Waals surface area contributed by atoms with Crippen LogP contribution < -0.4 is 5.32 Å². The summed E-state index contributed by atoms with van der Waals surface area (Å²) in [6, 6.07) is 0. The van der Waals surface area contributed by atoms with Crippen molar-refractivity contribution in [2.75, 3.05) is 13.1 Å². The molecule has 0 bridgehead atoms. The predicted octanol–water partition coefficient (Wildman–Crippen LogP) is 6.04. The third-order valence-electron chi connectivity index (χ3n) is 5.39. The average Bonchev–Trinajstić information content (AvgIpc) is 2.41. The highest BCUT2D eigenvalue weighted by atomic mass is 14.9. The molecule has 0 saturated heterocycles. The molecule has 21 heavy (non-hydrogen) atoms. The smallest absolute Gasteiger partial charge is 0.00205 e. The molecule has 1 heteroatoms. The molecular formula is C20H41N. The fourth-order valence-corrected chi connectivity index (χ4v) is 3.69. The highest BCUT2D eigenvalue weighted by molar-refractivity contribution is 4.81. The second-order valence-electron chi connectivity index (χ2n) is 8.88. The van der Waals surface area contributed by atoms with Gasteiger partial charge in [0.1, 0.15) is 0 Å². The fourth-order valence-electron chi connectivity index (χ4n) is 3.69. The second kappa shape index (κ2) is 9.87. The van der Waals surface area contributed by atoms with Gasteiger partial charge in [0.05, 0.1) is 0 Å². The van der Waals surface area contributed by atoms with Crippen molar-refractivity contribution in [3.05, 3.63) is 0 Å². The third-order valence-corrected chi connectivity index (χ3v) is 5.39. The van der Waals surface area contributed by atoms with E-state index in [0.717, 1.165) is 17.8 Å². The van der Waals surface area contributed by atoms with Gasteiger partial charge < -0.3 is 5.32 Å². The Morgan fingerprint density at radius 2 is 1.52 bits per heavy atom. The number of hydrogen-bond donors (Lipinski definition) is 1. The fraction of sp³-hybridized carbons (Fsp3) is 1.00. The van der Waals surface area contributed by atoms with E-state index in [2.05, 4.69) is 39.9 Å². The number of hydrogen-bond acceptors (Lipinski definition) is 1. The topological polar surface area (TPSA) is 12.0 Å². The lowest BCUT2D eigenvalue weighted by Crippen LogP contribution is -2.31. The molecule has 1 saturated carbocycles. The van der Waals surface area contributed by atoms with Gasteiger partial charge in [-0.1, -0.05) is 60.3 Å². The third kappa shape index (κ3) is 8.86. The van der Waals surface area contributed by atoms with Crippen LogP contribution in [0.5, 0.6) is 0 Å². The van der Waals surface area contributed by atoms with Crippen LogP contribution in [0.25, 0.3) is 0 Å². The van der Waals surface area contributed by atoms with Gasteiger partial charge in [0.25, 0.3) is 0 Å². The minimum Gasteiger partial charge on any atom is -0.316 e. The number of nitrogens with one attached hydrogen (secondary N) is 1. The first-order chi connectivity index (χ1) is 9.89. The molecule has 0 heterocycles. The molecule has 0 aromatic rings. The van der Waals surface area contributed by atoms with E-state index < -0.39 is 0 Å². The zero-order chi connectivity index (χ0) is 15.7. The van der Waals surface area contributed by atoms with Gasteiger partial charge in [0.2, 0.25) is 0 Å². The van der Waals surface area contributed by atoms with E-state index >= 15 is 0 Å². The summed E-state index contributed by atoms with van der Waals surface area (Å²) >= 11 is 0. The Balaban J connectivity index is 1.93. The Morgan fingerprint density at radius 1 is 0.905 bits per heavy atom. The predicted molar refractivity (Wildman–Crippen MR) is 95.7 cm³/mol. The summed E-state index contributed by atoms with van der Waals surface area (Å²) in [5.74, 6) is 2.78. The van der Waals surface area contributed by atoms with E-state index in [1.807, 2.05) is 0 Å². The maximum atomic E-state index is 3.71. The maximum Gasteiger partial charge on any atom is -0.00205 e. The van der Waals surface area contributed by atoms with Gasteiger partial charge in [-0.15, -0.1) is 0 Å². The number of rotatable bonds is 9. The Bertz CT molecular complexity index is 243. The van der Waals surface area contributed by atoms with Gasteiger partial charge in [-0.05, 0) is 68.4 Å². The summed E-state index contributed by atoms with van der Waals surface area (Å²) in [4.78, 5) is 0. The van der Waals surface area contributed by atoms with Crippen LogP contribution in [-0.2, 0) is 0 Å². The van der Waals surface area contributed by atoms with Crippen LogP contribution in [-0.4, -0.2) is 13.1 Å². The first kappa shape index (κ1) is 19.0. The summed E-state index contributed by atoms with van der Waals surface area (Å²) in [7, 11) is 0. The monoisotopic (exact) mass is 295 g/mol. The van der Waals surface area contributed by atoms with E-state index in [0.29, 0.717) is 5.41 Å². The molecule has 1 aliphatic carbocycles. The molecule has 0 atom stereocenters. The molecule has 1 N–H and O–H groups in total. The average molecular weight is 296 g/mol. The molecule has 0 aliphatic heterocycles. The molecule has 0 radical (unpaired) electrons. The van der Waals surface area contributed by atoms with Crippen molar-refractivity contribution < 1.29 is 0 Å². The van der Waals surface area contributed by atoms with E-state index in [1.54, 1.807) is 0 Å². The molecule has 1 rings (SSSR count). The van der Waals surface area contributed by atoms with E-state index in [4.69, 9.17) is 0 Å². The largest absolute Gasteiger partial charge is 0.316 e. The van der Waals surface area contributed by atoms with Crippen LogP contribution in [0.4, 0.5) is 0 Å². The van der Waals surface area contributed by atoms with Crippen molar-refractivity contribution in [3.8, 4) is 0 Å². The van der Waals surface area contributed by atoms with Gasteiger partial charge in [0, 0.05) is 0 Å². The standard InChI is InChI=1S/C20H41N/c1-17(2)10-8-6-7-9-15-21-16-18-11-13-19(14-12-18)20(3,4)5/h17-19,21H,6-16H2,1-5H3. The lowest BCUT2D eigenvalue weighted by Gasteiger charge is -2.37. The first-order valence-corrected chi connectivity index (χ1v) is 9.60. The minimum absolute atomic E-state index is 0.522. The molecule has 1 fully saturated rings. The minimum atomic E-state index is 0.522. The Hall–Kier alpha value is -0.0400. The van der Waals surface area contributed by atoms with Crippen molar-refractivity contribution in [1.82, 2.24) is 5.32 Å². The highest BCUT2D eigenvalue weighted by Crippen LogP contribution is 2.39. The molecule has 126 valence electrons. The summed E-state index contributed by atoms with van der Waals surface area (Å²) in [5.41, 5.74) is 0.522. The Kier molecular flexibility index (Phi) is 8.94. The van der Waals surface area contributed by atoms with Crippen molar-refractivity contribution in [1.29, 1.82) is 0 Å². The molecule has 0 amide bonds. The van der Waals surface area contributed by atoms with E-state index in [1.165, 1.54) is 70.9 Å². The molecule has 1 aliphatic rings. The van der Waals surface area contributed by atoms with Gasteiger partial charge in [-0.25, -0.2) is 0 Å². The zero-order valence-electron chi connectivity index (χ0n) is 15.5. The van der Waals surface area contributed by atoms with Gasteiger partial charge in [-0.3, -0.25) is 0 Å². The van der Waals surface area contributed by atoms with Crippen LogP contribution in [0.2, 0.25) is 0 Å². The molecule has 0 aromatic carbocycles. The first-order valence-electron chi connectivity index (χ1n) is 9.60. The van der Waals surface area contributed by atoms with Gasteiger partial charge in [0.15, 0.2) is 0 Å². The second-order valence-corrected chi connectivity index (χ2v) is 8.88. The van der Waals surface area contributed by atoms with Crippen LogP contribution in [0.3, 0.4) is 0 Å². The van der Waals surface area contributed by atoms with Gasteiger partial charge >= 0.3 is 0 Å². The molecule has 1 nitrogen and oxygen atoms in total. The summed E-state index contributed by atoms with van der Waals surface area (Å²) in [6.45, 7) is 14.4. The lowest BCUT2D eigenvalue weighted by atomic mass is 9.70. The summed E-state index contributed by atoms with van der Waals surface area (Å²) < 4.78 is 0. The SMILES string of the molecule is CC(C)CCCCCCNCC1CCC(C(C)(C)C)CC1. The van der Waals surface area contributed by atoms with Crippen molar-refractivity contribution in [2.24, 2.45) is 23.2 Å². The zero-order valence-corrected chi connectivity index (χ0v) is 15.5. The summed E-state index contributed by atoms with van der Waals surface area (Å²) in [6.07, 6.45) is 12.8. The number of unbranched alkanes of at least 4 members (excludes halogenated alkanes) is 3. The molecule has 0 unspecified atom stereocenters. The van der Waals surface area contributed by atoms with Crippen molar-refractivity contribution in [3.63, 3.8) is 0 Å². The quantitative estimate of drug-likeness (QED) is 0.512. The molecule has 0 aromatic heterocycles. The van der Waals surface area contributed by atoms with Crippen molar-refractivity contribution in [2.45, 2.75) is 92.4 Å². The Labute approximate surface area is 134 Å². The van der Waals surface area contributed by atoms with Gasteiger partial charge in [-0.2, -0.15) is 0 Å². The van der Waals surface area contributed by atoms with Crippen LogP contribution in [0.1, 0.15) is 92.4 Å². The van der Waals surface area contributed by atoms with E-state index in [-0.39, 0.29) is 0 Å². The molecule has 0 spiro atoms. The highest BCUT2D eigenvalue weighted by Gasteiger charge is 2.29. The van der Waals surface area contributed by atoms with Crippen LogP contribution >= 0.6 is 0 Å². The summed E-state index contributed by atoms with van der Waals surface area (Å²) in [5, 5.41) is 3.71. The molecular weight excluding hydrogens is 254 g/mol.